The summed E-state index contributed by atoms with van der Waals surface area (Å²) < 4.78 is 0. The van der Waals surface area contributed by atoms with Gasteiger partial charge in [0.25, 0.3) is 0 Å². The Balaban J connectivity index is 2.12. The van der Waals surface area contributed by atoms with Crippen LogP contribution in [0.15, 0.2) is 60.7 Å². The lowest BCUT2D eigenvalue weighted by atomic mass is 9.88. The van der Waals surface area contributed by atoms with Crippen LogP contribution in [0.2, 0.25) is 0 Å². The Kier molecular flexibility index (Phi) is 4.58. The third-order valence-electron chi connectivity index (χ3n) is 4.11. The van der Waals surface area contributed by atoms with Crippen LogP contribution >= 0.6 is 0 Å². The molecule has 0 aromatic heterocycles. The molecule has 106 valence electrons. The first-order chi connectivity index (χ1) is 9.51. The summed E-state index contributed by atoms with van der Waals surface area (Å²) in [6.45, 7) is 4.77. The van der Waals surface area contributed by atoms with Gasteiger partial charge in [-0.15, -0.1) is 0 Å². The highest BCUT2D eigenvalue weighted by molar-refractivity contribution is 5.23. The van der Waals surface area contributed by atoms with E-state index in [0.717, 1.165) is 12.1 Å². The molecule has 2 rings (SSSR count). The molecule has 0 unspecified atom stereocenters. The van der Waals surface area contributed by atoms with E-state index >= 15 is 0 Å². The highest BCUT2D eigenvalue weighted by Crippen LogP contribution is 2.27. The summed E-state index contributed by atoms with van der Waals surface area (Å²) >= 11 is 0. The fraction of sp³-hybridized carbons (Fsp3) is 0.333. The third kappa shape index (κ3) is 3.27. The Morgan fingerprint density at radius 3 is 2.05 bits per heavy atom. The number of likely N-dealkylation sites (N-methyl/N-ethyl adjacent to an activating group) is 1. The number of aliphatic hydroxyl groups is 1. The van der Waals surface area contributed by atoms with Gasteiger partial charge in [-0.3, -0.25) is 4.90 Å². The van der Waals surface area contributed by atoms with Gasteiger partial charge in [0, 0.05) is 12.6 Å². The summed E-state index contributed by atoms with van der Waals surface area (Å²) in [5.41, 5.74) is 1.34. The lowest BCUT2D eigenvalue weighted by Gasteiger charge is -2.37. The molecule has 0 aliphatic heterocycles. The van der Waals surface area contributed by atoms with E-state index in [1.807, 2.05) is 55.5 Å². The predicted octanol–water partition coefficient (Wildman–Crippen LogP) is 3.41. The zero-order chi connectivity index (χ0) is 14.6. The molecule has 2 aromatic rings. The summed E-state index contributed by atoms with van der Waals surface area (Å²) in [4.78, 5) is 2.18. The maximum atomic E-state index is 10.9. The maximum Gasteiger partial charge on any atom is 0.102 e. The van der Waals surface area contributed by atoms with Crippen molar-refractivity contribution in [1.29, 1.82) is 0 Å². The SMILES string of the molecule is C[C@H](N(C)Cc1ccccc1)[C@@](C)(O)c1ccccc1. The normalized spacial score (nSPS) is 15.8. The van der Waals surface area contributed by atoms with Crippen molar-refractivity contribution in [3.05, 3.63) is 71.8 Å². The monoisotopic (exact) mass is 269 g/mol. The second-order valence-electron chi connectivity index (χ2n) is 5.59. The Morgan fingerprint density at radius 2 is 1.50 bits per heavy atom. The highest BCUT2D eigenvalue weighted by Gasteiger charge is 2.32. The molecule has 2 atom stereocenters. The minimum absolute atomic E-state index is 0.0186. The predicted molar refractivity (Wildman–Crippen MR) is 83.4 cm³/mol. The average molecular weight is 269 g/mol. The van der Waals surface area contributed by atoms with Crippen molar-refractivity contribution in [2.45, 2.75) is 32.0 Å². The zero-order valence-corrected chi connectivity index (χ0v) is 12.5. The molecule has 0 bridgehead atoms. The van der Waals surface area contributed by atoms with Gasteiger partial charge in [0.15, 0.2) is 0 Å². The van der Waals surface area contributed by atoms with Crippen molar-refractivity contribution in [1.82, 2.24) is 4.90 Å². The average Bonchev–Trinajstić information content (AvgIpc) is 2.48. The smallest absolute Gasteiger partial charge is 0.102 e. The highest BCUT2D eigenvalue weighted by atomic mass is 16.3. The van der Waals surface area contributed by atoms with E-state index in [1.54, 1.807) is 0 Å². The van der Waals surface area contributed by atoms with Crippen LogP contribution < -0.4 is 0 Å². The molecule has 0 spiro atoms. The fourth-order valence-electron chi connectivity index (χ4n) is 2.45. The van der Waals surface area contributed by atoms with Gasteiger partial charge in [0.05, 0.1) is 0 Å². The van der Waals surface area contributed by atoms with E-state index in [-0.39, 0.29) is 6.04 Å². The number of benzene rings is 2. The number of nitrogens with zero attached hydrogens (tertiary/aromatic N) is 1. The van der Waals surface area contributed by atoms with E-state index in [1.165, 1.54) is 5.56 Å². The van der Waals surface area contributed by atoms with Crippen molar-refractivity contribution in [2.24, 2.45) is 0 Å². The summed E-state index contributed by atoms with van der Waals surface area (Å²) in [5, 5.41) is 10.9. The van der Waals surface area contributed by atoms with Gasteiger partial charge < -0.3 is 5.11 Å². The molecule has 0 saturated carbocycles. The van der Waals surface area contributed by atoms with Crippen LogP contribution in [0.5, 0.6) is 0 Å². The number of rotatable bonds is 5. The molecule has 2 aromatic carbocycles. The molecule has 0 amide bonds. The van der Waals surface area contributed by atoms with Crippen molar-refractivity contribution < 1.29 is 5.11 Å². The molecule has 0 aliphatic rings. The number of hydrogen-bond donors (Lipinski definition) is 1. The minimum Gasteiger partial charge on any atom is -0.384 e. The van der Waals surface area contributed by atoms with Crippen LogP contribution in [0, 0.1) is 0 Å². The van der Waals surface area contributed by atoms with Crippen molar-refractivity contribution in [2.75, 3.05) is 7.05 Å². The molecule has 1 N–H and O–H groups in total. The van der Waals surface area contributed by atoms with Gasteiger partial charge in [-0.25, -0.2) is 0 Å². The van der Waals surface area contributed by atoms with E-state index in [9.17, 15) is 5.11 Å². The first-order valence-electron chi connectivity index (χ1n) is 7.04. The number of hydrogen-bond acceptors (Lipinski definition) is 2. The Morgan fingerprint density at radius 1 is 1.00 bits per heavy atom. The van der Waals surface area contributed by atoms with Crippen LogP contribution in [0.1, 0.15) is 25.0 Å². The maximum absolute atomic E-state index is 10.9. The van der Waals surface area contributed by atoms with Gasteiger partial charge >= 0.3 is 0 Å². The van der Waals surface area contributed by atoms with Gasteiger partial charge in [0.2, 0.25) is 0 Å². The molecule has 0 saturated heterocycles. The molecule has 0 fully saturated rings. The quantitative estimate of drug-likeness (QED) is 0.899. The standard InChI is InChI=1S/C18H23NO/c1-15(18(2,20)17-12-8-5-9-13-17)19(3)14-16-10-6-4-7-11-16/h4-13,15,20H,14H2,1-3H3/t15-,18+/m0/s1. The van der Waals surface area contributed by atoms with Gasteiger partial charge in [-0.1, -0.05) is 60.7 Å². The summed E-state index contributed by atoms with van der Waals surface area (Å²) in [7, 11) is 2.05. The molecule has 2 nitrogen and oxygen atoms in total. The van der Waals surface area contributed by atoms with E-state index in [0.29, 0.717) is 0 Å². The van der Waals surface area contributed by atoms with Gasteiger partial charge in [-0.05, 0) is 32.0 Å². The van der Waals surface area contributed by atoms with Crippen molar-refractivity contribution in [3.63, 3.8) is 0 Å². The Bertz CT molecular complexity index is 522. The molecular formula is C18H23NO. The summed E-state index contributed by atoms with van der Waals surface area (Å²) in [6, 6.07) is 20.2. The van der Waals surface area contributed by atoms with E-state index in [4.69, 9.17) is 0 Å². The summed E-state index contributed by atoms with van der Waals surface area (Å²) in [5.74, 6) is 0. The largest absolute Gasteiger partial charge is 0.384 e. The zero-order valence-electron chi connectivity index (χ0n) is 12.5. The van der Waals surface area contributed by atoms with Crippen LogP contribution in [0.4, 0.5) is 0 Å². The van der Waals surface area contributed by atoms with Crippen molar-refractivity contribution in [3.8, 4) is 0 Å². The van der Waals surface area contributed by atoms with Crippen LogP contribution in [0.25, 0.3) is 0 Å². The topological polar surface area (TPSA) is 23.5 Å². The summed E-state index contributed by atoms with van der Waals surface area (Å²) in [6.07, 6.45) is 0. The Labute approximate surface area is 121 Å². The minimum atomic E-state index is -0.870. The molecule has 0 heterocycles. The van der Waals surface area contributed by atoms with Gasteiger partial charge in [0.1, 0.15) is 5.60 Å². The van der Waals surface area contributed by atoms with Crippen LogP contribution in [-0.2, 0) is 12.1 Å². The molecule has 0 radical (unpaired) electrons. The lowest BCUT2D eigenvalue weighted by molar-refractivity contribution is -0.0252. The molecular weight excluding hydrogens is 246 g/mol. The van der Waals surface area contributed by atoms with Crippen molar-refractivity contribution >= 4 is 0 Å². The van der Waals surface area contributed by atoms with E-state index in [2.05, 4.69) is 31.0 Å². The lowest BCUT2D eigenvalue weighted by Crippen LogP contribution is -2.45. The molecule has 2 heteroatoms. The second kappa shape index (κ2) is 6.21. The van der Waals surface area contributed by atoms with Crippen LogP contribution in [-0.4, -0.2) is 23.1 Å². The van der Waals surface area contributed by atoms with Gasteiger partial charge in [-0.2, -0.15) is 0 Å². The third-order valence-corrected chi connectivity index (χ3v) is 4.11. The molecule has 20 heavy (non-hydrogen) atoms. The molecule has 0 aliphatic carbocycles. The first-order valence-corrected chi connectivity index (χ1v) is 7.04. The van der Waals surface area contributed by atoms with Crippen LogP contribution in [0.3, 0.4) is 0 Å². The fourth-order valence-corrected chi connectivity index (χ4v) is 2.45. The van der Waals surface area contributed by atoms with E-state index < -0.39 is 5.60 Å². The second-order valence-corrected chi connectivity index (χ2v) is 5.59. The Hall–Kier alpha value is -1.64. The first kappa shape index (κ1) is 14.8.